The van der Waals surface area contributed by atoms with E-state index in [2.05, 4.69) is 15.5 Å². The fraction of sp³-hybridized carbons (Fsp3) is 0.0625. The summed E-state index contributed by atoms with van der Waals surface area (Å²) < 4.78 is 14.1. The highest BCUT2D eigenvalue weighted by molar-refractivity contribution is 7.98. The van der Waals surface area contributed by atoms with E-state index in [9.17, 15) is 9.18 Å². The third kappa shape index (κ3) is 4.27. The lowest BCUT2D eigenvalue weighted by atomic mass is 10.2. The molecule has 0 saturated carbocycles. The second kappa shape index (κ2) is 7.94. The average Bonchev–Trinajstić information content (AvgIpc) is 2.63. The molecule has 3 N–H and O–H groups in total. The Balaban J connectivity index is 1.76. The van der Waals surface area contributed by atoms with Crippen LogP contribution in [0.3, 0.4) is 0 Å². The van der Waals surface area contributed by atoms with Crippen LogP contribution in [0.1, 0.15) is 5.56 Å². The highest BCUT2D eigenvalue weighted by atomic mass is 35.5. The summed E-state index contributed by atoms with van der Waals surface area (Å²) in [6.45, 7) is 0. The normalized spacial score (nSPS) is 10.7. The van der Waals surface area contributed by atoms with Gasteiger partial charge in [-0.25, -0.2) is 4.39 Å². The first-order valence-corrected chi connectivity index (χ1v) is 9.02. The van der Waals surface area contributed by atoms with E-state index in [1.807, 2.05) is 12.1 Å². The van der Waals surface area contributed by atoms with E-state index in [0.29, 0.717) is 16.5 Å². The Morgan fingerprint density at radius 2 is 1.88 bits per heavy atom. The summed E-state index contributed by atoms with van der Waals surface area (Å²) in [5.41, 5.74) is 0.820. The van der Waals surface area contributed by atoms with Crippen LogP contribution in [-0.2, 0) is 5.75 Å². The topological polar surface area (TPSA) is 85.8 Å². The minimum Gasteiger partial charge on any atom is -0.334 e. The number of nitrogens with zero attached hydrogens (tertiary/aromatic N) is 3. The Labute approximate surface area is 162 Å². The van der Waals surface area contributed by atoms with E-state index in [1.165, 1.54) is 30.0 Å². The summed E-state index contributed by atoms with van der Waals surface area (Å²) in [7, 11) is 0. The van der Waals surface area contributed by atoms with E-state index in [4.69, 9.17) is 29.0 Å². The summed E-state index contributed by atoms with van der Waals surface area (Å²) >= 11 is 12.8. The highest BCUT2D eigenvalue weighted by Gasteiger charge is 2.12. The number of thioether (sulfide) groups is 1. The van der Waals surface area contributed by atoms with Crippen molar-refractivity contribution in [1.82, 2.24) is 14.9 Å². The van der Waals surface area contributed by atoms with Gasteiger partial charge in [0.2, 0.25) is 11.0 Å². The van der Waals surface area contributed by atoms with E-state index in [1.54, 1.807) is 12.1 Å². The van der Waals surface area contributed by atoms with E-state index >= 15 is 0 Å². The molecule has 0 saturated heterocycles. The predicted molar refractivity (Wildman–Crippen MR) is 102 cm³/mol. The van der Waals surface area contributed by atoms with Crippen molar-refractivity contribution in [2.24, 2.45) is 0 Å². The highest BCUT2D eigenvalue weighted by Crippen LogP contribution is 2.22. The van der Waals surface area contributed by atoms with Crippen molar-refractivity contribution in [1.29, 1.82) is 0 Å². The quantitative estimate of drug-likeness (QED) is 0.489. The zero-order chi connectivity index (χ0) is 18.7. The van der Waals surface area contributed by atoms with Crippen LogP contribution in [0.15, 0.2) is 52.4 Å². The second-order valence-corrected chi connectivity index (χ2v) is 6.96. The third-order valence-electron chi connectivity index (χ3n) is 3.33. The lowest BCUT2D eigenvalue weighted by Gasteiger charge is -2.09. The molecule has 0 radical (unpaired) electrons. The zero-order valence-corrected chi connectivity index (χ0v) is 15.4. The van der Waals surface area contributed by atoms with Gasteiger partial charge in [0.1, 0.15) is 5.82 Å². The SMILES string of the molecule is Nn1c(SCc2ccc(Cl)cc2)nnc(Nc2ccc(F)c(Cl)c2)c1=O. The number of nitrogens with two attached hydrogens (primary N) is 1. The number of aromatic nitrogens is 3. The Bertz CT molecular complexity index is 997. The summed E-state index contributed by atoms with van der Waals surface area (Å²) in [5.74, 6) is 5.70. The maximum absolute atomic E-state index is 13.2. The molecular formula is C16H12Cl2FN5OS. The van der Waals surface area contributed by atoms with Crippen LogP contribution in [0.25, 0.3) is 0 Å². The number of nitrogens with one attached hydrogen (secondary N) is 1. The number of rotatable bonds is 5. The van der Waals surface area contributed by atoms with Crippen molar-refractivity contribution in [2.75, 3.05) is 11.2 Å². The van der Waals surface area contributed by atoms with E-state index in [0.717, 1.165) is 10.2 Å². The van der Waals surface area contributed by atoms with Gasteiger partial charge in [-0.05, 0) is 35.9 Å². The molecule has 0 aliphatic heterocycles. The maximum Gasteiger partial charge on any atom is 0.315 e. The van der Waals surface area contributed by atoms with Gasteiger partial charge in [-0.3, -0.25) is 4.79 Å². The van der Waals surface area contributed by atoms with Gasteiger partial charge in [0, 0.05) is 16.5 Å². The molecule has 0 atom stereocenters. The molecule has 1 heterocycles. The zero-order valence-electron chi connectivity index (χ0n) is 13.1. The first-order valence-electron chi connectivity index (χ1n) is 7.28. The fourth-order valence-corrected chi connectivity index (χ4v) is 3.12. The van der Waals surface area contributed by atoms with Crippen molar-refractivity contribution < 1.29 is 4.39 Å². The summed E-state index contributed by atoms with van der Waals surface area (Å²) in [5, 5.41) is 11.4. The first kappa shape index (κ1) is 18.5. The molecule has 0 aliphatic carbocycles. The van der Waals surface area contributed by atoms with Crippen molar-refractivity contribution >= 4 is 46.5 Å². The summed E-state index contributed by atoms with van der Waals surface area (Å²) in [6, 6.07) is 11.2. The van der Waals surface area contributed by atoms with Gasteiger partial charge in [-0.2, -0.15) is 4.68 Å². The van der Waals surface area contributed by atoms with Gasteiger partial charge in [-0.1, -0.05) is 47.1 Å². The van der Waals surface area contributed by atoms with E-state index in [-0.39, 0.29) is 16.0 Å². The maximum atomic E-state index is 13.2. The second-order valence-electron chi connectivity index (χ2n) is 5.18. The smallest absolute Gasteiger partial charge is 0.315 e. The number of nitrogen functional groups attached to an aromatic ring is 1. The minimum absolute atomic E-state index is 0.0776. The average molecular weight is 412 g/mol. The molecule has 10 heteroatoms. The monoisotopic (exact) mass is 411 g/mol. The largest absolute Gasteiger partial charge is 0.334 e. The summed E-state index contributed by atoms with van der Waals surface area (Å²) in [6.07, 6.45) is 0. The predicted octanol–water partition coefficient (Wildman–Crippen LogP) is 3.83. The van der Waals surface area contributed by atoms with Gasteiger partial charge in [0.25, 0.3) is 0 Å². The molecule has 6 nitrogen and oxygen atoms in total. The molecule has 0 fully saturated rings. The Kier molecular flexibility index (Phi) is 5.65. The fourth-order valence-electron chi connectivity index (χ4n) is 2.00. The molecule has 0 spiro atoms. The van der Waals surface area contributed by atoms with Gasteiger partial charge < -0.3 is 11.2 Å². The Morgan fingerprint density at radius 3 is 2.58 bits per heavy atom. The van der Waals surface area contributed by atoms with Crippen molar-refractivity contribution in [3.63, 3.8) is 0 Å². The number of hydrogen-bond donors (Lipinski definition) is 2. The number of halogens is 3. The van der Waals surface area contributed by atoms with Crippen molar-refractivity contribution in [3.05, 3.63) is 74.2 Å². The molecule has 134 valence electrons. The van der Waals surface area contributed by atoms with Gasteiger partial charge in [-0.15, -0.1) is 10.2 Å². The molecule has 0 amide bonds. The molecule has 3 rings (SSSR count). The van der Waals surface area contributed by atoms with Crippen LogP contribution in [0.2, 0.25) is 10.0 Å². The molecular weight excluding hydrogens is 400 g/mol. The molecule has 0 unspecified atom stereocenters. The molecule has 1 aromatic heterocycles. The molecule has 3 aromatic rings. The third-order valence-corrected chi connectivity index (χ3v) is 4.88. The van der Waals surface area contributed by atoms with Gasteiger partial charge in [0.15, 0.2) is 0 Å². The van der Waals surface area contributed by atoms with Crippen LogP contribution in [-0.4, -0.2) is 14.9 Å². The molecule has 2 aromatic carbocycles. The lowest BCUT2D eigenvalue weighted by molar-refractivity contribution is 0.628. The Hall–Kier alpha value is -2.29. The van der Waals surface area contributed by atoms with E-state index < -0.39 is 11.4 Å². The Morgan fingerprint density at radius 1 is 1.15 bits per heavy atom. The van der Waals surface area contributed by atoms with Crippen LogP contribution in [0.4, 0.5) is 15.9 Å². The van der Waals surface area contributed by atoms with Crippen LogP contribution >= 0.6 is 35.0 Å². The van der Waals surface area contributed by atoms with Crippen LogP contribution in [0.5, 0.6) is 0 Å². The summed E-state index contributed by atoms with van der Waals surface area (Å²) in [4.78, 5) is 12.3. The van der Waals surface area contributed by atoms with Crippen LogP contribution < -0.4 is 16.7 Å². The number of anilines is 2. The molecule has 26 heavy (non-hydrogen) atoms. The molecule has 0 bridgehead atoms. The van der Waals surface area contributed by atoms with Gasteiger partial charge in [0.05, 0.1) is 5.02 Å². The number of hydrogen-bond acceptors (Lipinski definition) is 6. The molecule has 0 aliphatic rings. The first-order chi connectivity index (χ1) is 12.4. The standard InChI is InChI=1S/C16H12Cl2FN5OS/c17-10-3-1-9(2-4-10)8-26-16-23-22-14(15(25)24(16)20)21-11-5-6-13(19)12(18)7-11/h1-7H,8,20H2,(H,21,22). The van der Waals surface area contributed by atoms with Gasteiger partial charge >= 0.3 is 5.56 Å². The van der Waals surface area contributed by atoms with Crippen LogP contribution in [0, 0.1) is 5.82 Å². The van der Waals surface area contributed by atoms with Crippen molar-refractivity contribution in [3.8, 4) is 0 Å². The minimum atomic E-state index is -0.570. The lowest BCUT2D eigenvalue weighted by Crippen LogP contribution is -2.32. The van der Waals surface area contributed by atoms with Crippen molar-refractivity contribution in [2.45, 2.75) is 10.9 Å². The number of benzene rings is 2.